The van der Waals surface area contributed by atoms with Crippen LogP contribution in [0.2, 0.25) is 0 Å². The molecule has 1 fully saturated rings. The third-order valence-corrected chi connectivity index (χ3v) is 6.38. The van der Waals surface area contributed by atoms with Crippen molar-refractivity contribution in [1.82, 2.24) is 44.2 Å². The fourth-order valence-electron chi connectivity index (χ4n) is 4.56. The number of ether oxygens (including phenoxy) is 1. The maximum atomic E-state index is 5.59. The average molecular weight is 473 g/mol. The molecule has 0 bridgehead atoms. The van der Waals surface area contributed by atoms with Crippen molar-refractivity contribution in [2.24, 2.45) is 7.05 Å². The lowest BCUT2D eigenvalue weighted by Gasteiger charge is -2.28. The predicted molar refractivity (Wildman–Crippen MR) is 133 cm³/mol. The highest BCUT2D eigenvalue weighted by atomic mass is 16.5. The molecule has 4 aromatic heterocycles. The molecule has 6 rings (SSSR count). The van der Waals surface area contributed by atoms with E-state index in [1.54, 1.807) is 6.20 Å². The smallest absolute Gasteiger partial charge is 0.239 e. The number of nitrogens with zero attached hydrogens (tertiary/aromatic N) is 9. The summed E-state index contributed by atoms with van der Waals surface area (Å²) in [5, 5.41) is 7.73. The number of aryl methyl sites for hydroxylation is 2. The number of hydrogen-bond donors (Lipinski definition) is 1. The predicted octanol–water partition coefficient (Wildman–Crippen LogP) is 1.83. The number of anilines is 1. The molecule has 1 aliphatic heterocycles. The molecule has 1 aliphatic rings. The van der Waals surface area contributed by atoms with Crippen LogP contribution >= 0.6 is 0 Å². The summed E-state index contributed by atoms with van der Waals surface area (Å²) in [6.07, 6.45) is 3.75. The van der Waals surface area contributed by atoms with Crippen LogP contribution in [0.25, 0.3) is 28.1 Å². The van der Waals surface area contributed by atoms with Gasteiger partial charge in [-0.05, 0) is 25.1 Å². The average Bonchev–Trinajstić information content (AvgIpc) is 3.60. The lowest BCUT2D eigenvalue weighted by molar-refractivity contribution is 0.122. The summed E-state index contributed by atoms with van der Waals surface area (Å²) in [4.78, 5) is 22.0. The van der Waals surface area contributed by atoms with Gasteiger partial charge in [0.2, 0.25) is 5.95 Å². The number of nitrogens with one attached hydrogen (secondary N) is 1. The first kappa shape index (κ1) is 21.7. The van der Waals surface area contributed by atoms with Crippen LogP contribution in [-0.2, 0) is 24.9 Å². The molecule has 0 radical (unpaired) electrons. The van der Waals surface area contributed by atoms with Gasteiger partial charge >= 0.3 is 0 Å². The lowest BCUT2D eigenvalue weighted by atomic mass is 10.3. The third-order valence-electron chi connectivity index (χ3n) is 6.38. The first-order chi connectivity index (χ1) is 17.2. The molecule has 0 saturated carbocycles. The van der Waals surface area contributed by atoms with E-state index in [-0.39, 0.29) is 0 Å². The molecule has 0 aliphatic carbocycles. The second-order valence-corrected chi connectivity index (χ2v) is 8.63. The SMILES string of the molecule is Cc1nc2ccccc2n1-c1nc(N2CCOCC2)c2nc(CNCCn3cccn3)n(C)c2n1. The molecule has 11 nitrogen and oxygen atoms in total. The van der Waals surface area contributed by atoms with Crippen molar-refractivity contribution in [2.75, 3.05) is 37.7 Å². The van der Waals surface area contributed by atoms with Crippen LogP contribution in [0.15, 0.2) is 42.7 Å². The van der Waals surface area contributed by atoms with E-state index in [9.17, 15) is 0 Å². The van der Waals surface area contributed by atoms with E-state index >= 15 is 0 Å². The zero-order chi connectivity index (χ0) is 23.8. The topological polar surface area (TPSA) is 104 Å². The fourth-order valence-corrected chi connectivity index (χ4v) is 4.56. The minimum atomic E-state index is 0.603. The summed E-state index contributed by atoms with van der Waals surface area (Å²) in [5.41, 5.74) is 3.52. The molecule has 11 heteroatoms. The van der Waals surface area contributed by atoms with Gasteiger partial charge in [0.1, 0.15) is 11.6 Å². The Hall–Kier alpha value is -3.83. The van der Waals surface area contributed by atoms with Crippen molar-refractivity contribution < 1.29 is 4.74 Å². The second-order valence-electron chi connectivity index (χ2n) is 8.63. The van der Waals surface area contributed by atoms with Gasteiger partial charge in [-0.3, -0.25) is 9.25 Å². The van der Waals surface area contributed by atoms with Gasteiger partial charge in [-0.15, -0.1) is 0 Å². The number of hydrogen-bond acceptors (Lipinski definition) is 8. The molecule has 0 spiro atoms. The van der Waals surface area contributed by atoms with Gasteiger partial charge in [0.15, 0.2) is 17.0 Å². The molecular weight excluding hydrogens is 444 g/mol. The van der Waals surface area contributed by atoms with E-state index in [2.05, 4.69) is 25.9 Å². The normalized spacial score (nSPS) is 14.4. The van der Waals surface area contributed by atoms with Crippen LogP contribution in [0.3, 0.4) is 0 Å². The Kier molecular flexibility index (Phi) is 5.63. The molecule has 5 heterocycles. The van der Waals surface area contributed by atoms with E-state index in [4.69, 9.17) is 24.7 Å². The zero-order valence-corrected chi connectivity index (χ0v) is 19.9. The largest absolute Gasteiger partial charge is 0.378 e. The first-order valence-electron chi connectivity index (χ1n) is 11.9. The Labute approximate surface area is 202 Å². The van der Waals surface area contributed by atoms with Crippen LogP contribution in [0.1, 0.15) is 11.6 Å². The van der Waals surface area contributed by atoms with E-state index in [0.29, 0.717) is 25.7 Å². The van der Waals surface area contributed by atoms with Gasteiger partial charge < -0.3 is 19.5 Å². The van der Waals surface area contributed by atoms with Crippen molar-refractivity contribution in [3.05, 3.63) is 54.4 Å². The number of benzene rings is 1. The molecule has 180 valence electrons. The molecule has 0 amide bonds. The Bertz CT molecular complexity index is 1460. The maximum absolute atomic E-state index is 5.59. The molecule has 1 aromatic carbocycles. The van der Waals surface area contributed by atoms with Gasteiger partial charge in [-0.2, -0.15) is 15.1 Å². The molecule has 1 N–H and O–H groups in total. The number of fused-ring (bicyclic) bond motifs is 2. The minimum Gasteiger partial charge on any atom is -0.378 e. The Morgan fingerprint density at radius 1 is 1.03 bits per heavy atom. The highest BCUT2D eigenvalue weighted by molar-refractivity contribution is 5.86. The fraction of sp³-hybridized carbons (Fsp3) is 0.375. The molecule has 5 aromatic rings. The molecule has 0 unspecified atom stereocenters. The minimum absolute atomic E-state index is 0.603. The van der Waals surface area contributed by atoms with Crippen LogP contribution in [-0.4, -0.2) is 71.7 Å². The second kappa shape index (κ2) is 9.08. The summed E-state index contributed by atoms with van der Waals surface area (Å²) in [6.45, 7) is 7.07. The Balaban J connectivity index is 1.40. The number of imidazole rings is 2. The van der Waals surface area contributed by atoms with Crippen molar-refractivity contribution in [3.63, 3.8) is 0 Å². The van der Waals surface area contributed by atoms with Crippen molar-refractivity contribution in [2.45, 2.75) is 20.0 Å². The first-order valence-corrected chi connectivity index (χ1v) is 11.9. The summed E-state index contributed by atoms with van der Waals surface area (Å²) in [6, 6.07) is 10.0. The van der Waals surface area contributed by atoms with Gasteiger partial charge in [0.05, 0.1) is 37.3 Å². The molecule has 0 atom stereocenters. The van der Waals surface area contributed by atoms with Crippen molar-refractivity contribution >= 4 is 28.0 Å². The summed E-state index contributed by atoms with van der Waals surface area (Å²) >= 11 is 0. The van der Waals surface area contributed by atoms with Crippen molar-refractivity contribution in [1.29, 1.82) is 0 Å². The Morgan fingerprint density at radius 3 is 2.71 bits per heavy atom. The summed E-state index contributed by atoms with van der Waals surface area (Å²) in [7, 11) is 2.01. The van der Waals surface area contributed by atoms with Gasteiger partial charge in [-0.25, -0.2) is 9.97 Å². The summed E-state index contributed by atoms with van der Waals surface area (Å²) in [5.74, 6) is 3.20. The van der Waals surface area contributed by atoms with Crippen LogP contribution in [0.4, 0.5) is 5.82 Å². The highest BCUT2D eigenvalue weighted by Crippen LogP contribution is 2.28. The van der Waals surface area contributed by atoms with Crippen molar-refractivity contribution in [3.8, 4) is 5.95 Å². The lowest BCUT2D eigenvalue weighted by Crippen LogP contribution is -2.37. The third kappa shape index (κ3) is 4.02. The van der Waals surface area contributed by atoms with E-state index in [0.717, 1.165) is 65.8 Å². The molecular formula is C24H28N10O. The number of morpholine rings is 1. The summed E-state index contributed by atoms with van der Waals surface area (Å²) < 4.78 is 11.6. The van der Waals surface area contributed by atoms with E-state index in [1.165, 1.54) is 0 Å². The molecule has 35 heavy (non-hydrogen) atoms. The highest BCUT2D eigenvalue weighted by Gasteiger charge is 2.23. The standard InChI is InChI=1S/C24H28N10O/c1-17-27-18-6-3-4-7-19(18)34(17)24-29-22-21(23(30-24)32-12-14-35-15-13-32)28-20(31(22)2)16-25-9-11-33-10-5-8-26-33/h3-8,10,25H,9,11-16H2,1-2H3. The number of para-hydroxylation sites is 2. The quantitative estimate of drug-likeness (QED) is 0.358. The van der Waals surface area contributed by atoms with Crippen LogP contribution in [0.5, 0.6) is 0 Å². The number of aromatic nitrogens is 8. The maximum Gasteiger partial charge on any atom is 0.239 e. The van der Waals surface area contributed by atoms with Gasteiger partial charge in [0, 0.05) is 39.1 Å². The van der Waals surface area contributed by atoms with Gasteiger partial charge in [0.25, 0.3) is 0 Å². The molecule has 1 saturated heterocycles. The Morgan fingerprint density at radius 2 is 1.89 bits per heavy atom. The van der Waals surface area contributed by atoms with Crippen LogP contribution < -0.4 is 10.2 Å². The van der Waals surface area contributed by atoms with Crippen LogP contribution in [0, 0.1) is 6.92 Å². The monoisotopic (exact) mass is 472 g/mol. The van der Waals surface area contributed by atoms with E-state index in [1.807, 2.05) is 53.7 Å². The number of rotatable bonds is 7. The van der Waals surface area contributed by atoms with E-state index < -0.39 is 0 Å². The zero-order valence-electron chi connectivity index (χ0n) is 19.9. The van der Waals surface area contributed by atoms with Gasteiger partial charge in [-0.1, -0.05) is 12.1 Å².